The molecule has 4 rings (SSSR count). The lowest BCUT2D eigenvalue weighted by Crippen LogP contribution is -2.03. The number of nitrogens with zero attached hydrogens (tertiary/aromatic N) is 2. The molecule has 4 aromatic rings. The van der Waals surface area contributed by atoms with E-state index in [1.54, 1.807) is 38.3 Å². The van der Waals surface area contributed by atoms with Crippen molar-refractivity contribution < 1.29 is 17.9 Å². The maximum absolute atomic E-state index is 13.2. The second kappa shape index (κ2) is 8.23. The number of fused-ring (bicyclic) bond motifs is 1. The fraction of sp³-hybridized carbons (Fsp3) is 0.167. The van der Waals surface area contributed by atoms with E-state index in [1.165, 1.54) is 6.07 Å². The highest BCUT2D eigenvalue weighted by molar-refractivity contribution is 8.00. The molecule has 0 aliphatic rings. The van der Waals surface area contributed by atoms with E-state index in [9.17, 15) is 13.2 Å². The molecule has 3 nitrogen and oxygen atoms in total. The van der Waals surface area contributed by atoms with Gasteiger partial charge in [0.05, 0.1) is 18.3 Å². The van der Waals surface area contributed by atoms with Gasteiger partial charge < -0.3 is 4.74 Å². The van der Waals surface area contributed by atoms with Gasteiger partial charge in [-0.1, -0.05) is 36.4 Å². The van der Waals surface area contributed by atoms with Gasteiger partial charge in [-0.3, -0.25) is 0 Å². The summed E-state index contributed by atoms with van der Waals surface area (Å²) >= 11 is -0.147. The van der Waals surface area contributed by atoms with Gasteiger partial charge in [0.2, 0.25) is 0 Å². The Bertz CT molecular complexity index is 1270. The van der Waals surface area contributed by atoms with E-state index in [-0.39, 0.29) is 22.5 Å². The summed E-state index contributed by atoms with van der Waals surface area (Å²) in [6, 6.07) is 18.0. The Kier molecular flexibility index (Phi) is 5.62. The Morgan fingerprint density at radius 1 is 0.871 bits per heavy atom. The van der Waals surface area contributed by atoms with E-state index in [4.69, 9.17) is 9.72 Å². The topological polar surface area (TPSA) is 35.0 Å². The van der Waals surface area contributed by atoms with Crippen molar-refractivity contribution in [3.8, 4) is 28.4 Å². The minimum Gasteiger partial charge on any atom is -0.497 e. The second-order valence-electron chi connectivity index (χ2n) is 7.09. The Hall–Kier alpha value is -3.06. The van der Waals surface area contributed by atoms with Gasteiger partial charge in [-0.25, -0.2) is 9.97 Å². The maximum Gasteiger partial charge on any atom is 0.446 e. The molecule has 0 saturated heterocycles. The molecule has 0 unspecified atom stereocenters. The van der Waals surface area contributed by atoms with Crippen LogP contribution >= 0.6 is 11.8 Å². The number of rotatable bonds is 4. The number of ether oxygens (including phenoxy) is 1. The smallest absolute Gasteiger partial charge is 0.446 e. The number of aryl methyl sites for hydroxylation is 2. The first kappa shape index (κ1) is 21.2. The third-order valence-corrected chi connectivity index (χ3v) is 5.78. The third-order valence-electron chi connectivity index (χ3n) is 4.99. The number of benzene rings is 3. The molecule has 31 heavy (non-hydrogen) atoms. The molecule has 0 aliphatic heterocycles. The molecular weight excluding hydrogens is 421 g/mol. The van der Waals surface area contributed by atoms with Crippen LogP contribution in [0.4, 0.5) is 13.2 Å². The van der Waals surface area contributed by atoms with Crippen molar-refractivity contribution in [2.45, 2.75) is 24.3 Å². The molecule has 1 heterocycles. The molecule has 1 aromatic heterocycles. The fourth-order valence-electron chi connectivity index (χ4n) is 3.53. The number of alkyl halides is 3. The average molecular weight is 440 g/mol. The number of methoxy groups -OCH3 is 1. The summed E-state index contributed by atoms with van der Waals surface area (Å²) in [6.07, 6.45) is 0. The molecule has 7 heteroatoms. The zero-order chi connectivity index (χ0) is 22.2. The van der Waals surface area contributed by atoms with Crippen molar-refractivity contribution in [2.75, 3.05) is 7.11 Å². The summed E-state index contributed by atoms with van der Waals surface area (Å²) in [5.41, 5.74) is -0.159. The molecule has 0 amide bonds. The Morgan fingerprint density at radius 3 is 2.32 bits per heavy atom. The van der Waals surface area contributed by atoms with Gasteiger partial charge >= 0.3 is 5.51 Å². The lowest BCUT2D eigenvalue weighted by atomic mass is 10.0. The number of halogens is 3. The molecule has 0 spiro atoms. The molecule has 0 bridgehead atoms. The van der Waals surface area contributed by atoms with Crippen LogP contribution in [0.5, 0.6) is 5.75 Å². The summed E-state index contributed by atoms with van der Waals surface area (Å²) in [5, 5.41) is 0.774. The zero-order valence-corrected chi connectivity index (χ0v) is 17.9. The quantitative estimate of drug-likeness (QED) is 0.314. The number of hydrogen-bond donors (Lipinski definition) is 0. The highest BCUT2D eigenvalue weighted by Crippen LogP contribution is 2.43. The number of thioether (sulfide) groups is 1. The summed E-state index contributed by atoms with van der Waals surface area (Å²) in [4.78, 5) is 9.50. The summed E-state index contributed by atoms with van der Waals surface area (Å²) < 4.78 is 45.0. The first-order valence-electron chi connectivity index (χ1n) is 9.54. The van der Waals surface area contributed by atoms with Crippen LogP contribution in [-0.4, -0.2) is 22.6 Å². The van der Waals surface area contributed by atoms with Crippen LogP contribution < -0.4 is 4.74 Å². The van der Waals surface area contributed by atoms with Crippen LogP contribution in [0.15, 0.2) is 65.6 Å². The average Bonchev–Trinajstić information content (AvgIpc) is 2.72. The van der Waals surface area contributed by atoms with Crippen molar-refractivity contribution in [1.29, 1.82) is 0 Å². The Balaban J connectivity index is 2.03. The van der Waals surface area contributed by atoms with Gasteiger partial charge in [0.15, 0.2) is 5.82 Å². The summed E-state index contributed by atoms with van der Waals surface area (Å²) in [7, 11) is 1.58. The Morgan fingerprint density at radius 2 is 1.61 bits per heavy atom. The first-order valence-corrected chi connectivity index (χ1v) is 10.4. The van der Waals surface area contributed by atoms with E-state index < -0.39 is 5.51 Å². The van der Waals surface area contributed by atoms with Gasteiger partial charge in [-0.2, -0.15) is 13.2 Å². The van der Waals surface area contributed by atoms with Crippen LogP contribution in [0.3, 0.4) is 0 Å². The molecule has 0 saturated carbocycles. The molecule has 0 fully saturated rings. The van der Waals surface area contributed by atoms with Crippen LogP contribution in [0.25, 0.3) is 33.5 Å². The largest absolute Gasteiger partial charge is 0.497 e. The van der Waals surface area contributed by atoms with Gasteiger partial charge in [0.25, 0.3) is 0 Å². The number of hydrogen-bond acceptors (Lipinski definition) is 4. The van der Waals surface area contributed by atoms with Crippen molar-refractivity contribution in [3.05, 3.63) is 71.8 Å². The molecule has 0 atom stereocenters. The van der Waals surface area contributed by atoms with E-state index >= 15 is 0 Å². The van der Waals surface area contributed by atoms with Crippen LogP contribution in [-0.2, 0) is 0 Å². The van der Waals surface area contributed by atoms with E-state index in [1.807, 2.05) is 37.3 Å². The third kappa shape index (κ3) is 4.37. The molecule has 3 aromatic carbocycles. The van der Waals surface area contributed by atoms with Crippen molar-refractivity contribution in [2.24, 2.45) is 0 Å². The highest BCUT2D eigenvalue weighted by atomic mass is 32.2. The summed E-state index contributed by atoms with van der Waals surface area (Å²) in [6.45, 7) is 3.74. The van der Waals surface area contributed by atoms with Gasteiger partial charge in [-0.05, 0) is 61.0 Å². The predicted octanol–water partition coefficient (Wildman–Crippen LogP) is 7.20. The molecule has 0 radical (unpaired) electrons. The molecular formula is C24H19F3N2OS. The SMILES string of the molecule is COc1ccc2nc(-c3c(C)cccc3SC(F)(F)F)nc(-c3ccccc3C)c2c1. The minimum atomic E-state index is -4.41. The van der Waals surface area contributed by atoms with Gasteiger partial charge in [0, 0.05) is 21.4 Å². The normalized spacial score (nSPS) is 11.7. The van der Waals surface area contributed by atoms with E-state index in [2.05, 4.69) is 4.98 Å². The van der Waals surface area contributed by atoms with Crippen molar-refractivity contribution >= 4 is 22.7 Å². The monoisotopic (exact) mass is 440 g/mol. The van der Waals surface area contributed by atoms with E-state index in [0.29, 0.717) is 28.1 Å². The molecule has 0 aliphatic carbocycles. The van der Waals surface area contributed by atoms with E-state index in [0.717, 1.165) is 16.5 Å². The van der Waals surface area contributed by atoms with Crippen LogP contribution in [0, 0.1) is 13.8 Å². The number of aromatic nitrogens is 2. The van der Waals surface area contributed by atoms with Gasteiger partial charge in [-0.15, -0.1) is 0 Å². The first-order chi connectivity index (χ1) is 14.8. The molecule has 158 valence electrons. The molecule has 0 N–H and O–H groups in total. The standard InChI is InChI=1S/C24H19F3N2OS/c1-14-7-4-5-9-17(14)22-18-13-16(30-3)11-12-19(18)28-23(29-22)21-15(2)8-6-10-20(21)31-24(25,26)27/h4-13H,1-3H3. The highest BCUT2D eigenvalue weighted by Gasteiger charge is 2.31. The second-order valence-corrected chi connectivity index (χ2v) is 8.20. The fourth-order valence-corrected chi connectivity index (χ4v) is 4.28. The van der Waals surface area contributed by atoms with Crippen LogP contribution in [0.2, 0.25) is 0 Å². The summed E-state index contributed by atoms with van der Waals surface area (Å²) in [5.74, 6) is 0.920. The predicted molar refractivity (Wildman–Crippen MR) is 118 cm³/mol. The zero-order valence-electron chi connectivity index (χ0n) is 17.1. The van der Waals surface area contributed by atoms with Gasteiger partial charge in [0.1, 0.15) is 5.75 Å². The lowest BCUT2D eigenvalue weighted by Gasteiger charge is -2.16. The Labute approximate surface area is 182 Å². The maximum atomic E-state index is 13.2. The van der Waals surface area contributed by atoms with Crippen LogP contribution in [0.1, 0.15) is 11.1 Å². The lowest BCUT2D eigenvalue weighted by molar-refractivity contribution is -0.0328. The van der Waals surface area contributed by atoms with Crippen molar-refractivity contribution in [3.63, 3.8) is 0 Å². The van der Waals surface area contributed by atoms with Crippen molar-refractivity contribution in [1.82, 2.24) is 9.97 Å². The minimum absolute atomic E-state index is 0.0797.